The number of hydrogen-bond donors (Lipinski definition) is 0. The molecule has 2 unspecified atom stereocenters. The zero-order valence-corrected chi connectivity index (χ0v) is 8.25. The number of carbonyl (C=O) groups excluding carboxylic acids is 2. The molecule has 0 aromatic heterocycles. The summed E-state index contributed by atoms with van der Waals surface area (Å²) in [5, 5.41) is 0. The fourth-order valence-electron chi connectivity index (χ4n) is 2.96. The predicted molar refractivity (Wildman–Crippen MR) is 49.2 cm³/mol. The van der Waals surface area contributed by atoms with Crippen molar-refractivity contribution in [3.63, 3.8) is 0 Å². The lowest BCUT2D eigenvalue weighted by Gasteiger charge is -2.40. The molecular weight excluding hydrogens is 164 g/mol. The molecule has 2 aliphatic rings. The Morgan fingerprint density at radius 2 is 1.46 bits per heavy atom. The predicted octanol–water partition coefficient (Wildman–Crippen LogP) is 1.83. The monoisotopic (exact) mass is 180 g/mol. The van der Waals surface area contributed by atoms with Gasteiger partial charge in [0.15, 0.2) is 0 Å². The number of ketones is 2. The van der Waals surface area contributed by atoms with Gasteiger partial charge in [0.2, 0.25) is 0 Å². The van der Waals surface area contributed by atoms with Gasteiger partial charge in [-0.25, -0.2) is 0 Å². The van der Waals surface area contributed by atoms with Crippen LogP contribution < -0.4 is 0 Å². The topological polar surface area (TPSA) is 34.1 Å². The van der Waals surface area contributed by atoms with E-state index < -0.39 is 0 Å². The van der Waals surface area contributed by atoms with Crippen molar-refractivity contribution >= 4 is 11.6 Å². The second-order valence-electron chi connectivity index (χ2n) is 4.75. The van der Waals surface area contributed by atoms with E-state index in [-0.39, 0.29) is 17.5 Å². The van der Waals surface area contributed by atoms with Crippen molar-refractivity contribution in [1.29, 1.82) is 0 Å². The van der Waals surface area contributed by atoms with Gasteiger partial charge < -0.3 is 0 Å². The summed E-state index contributed by atoms with van der Waals surface area (Å²) in [5.41, 5.74) is 0. The maximum absolute atomic E-state index is 11.5. The maximum atomic E-state index is 11.5. The summed E-state index contributed by atoms with van der Waals surface area (Å²) in [7, 11) is 0. The number of carbonyl (C=O) groups is 2. The normalized spacial score (nSPS) is 45.1. The third-order valence-electron chi connectivity index (χ3n) is 3.79. The summed E-state index contributed by atoms with van der Waals surface area (Å²) in [6.45, 7) is 4.29. The molecule has 0 aliphatic heterocycles. The van der Waals surface area contributed by atoms with Crippen LogP contribution >= 0.6 is 0 Å². The highest BCUT2D eigenvalue weighted by atomic mass is 16.2. The summed E-state index contributed by atoms with van der Waals surface area (Å²) in [4.78, 5) is 23.0. The first kappa shape index (κ1) is 8.92. The van der Waals surface area contributed by atoms with Crippen LogP contribution in [0.15, 0.2) is 0 Å². The van der Waals surface area contributed by atoms with Gasteiger partial charge in [0, 0.05) is 12.8 Å². The summed E-state index contributed by atoms with van der Waals surface area (Å²) in [6, 6.07) is 0. The van der Waals surface area contributed by atoms with Crippen LogP contribution in [0.25, 0.3) is 0 Å². The summed E-state index contributed by atoms with van der Waals surface area (Å²) < 4.78 is 0. The number of rotatable bonds is 0. The average Bonchev–Trinajstić information content (AvgIpc) is 2.02. The first-order valence-corrected chi connectivity index (χ1v) is 5.15. The highest BCUT2D eigenvalue weighted by Crippen LogP contribution is 2.42. The molecule has 0 spiro atoms. The van der Waals surface area contributed by atoms with Crippen molar-refractivity contribution in [3.8, 4) is 0 Å². The van der Waals surface area contributed by atoms with Crippen LogP contribution in [0.3, 0.4) is 0 Å². The van der Waals surface area contributed by atoms with E-state index in [2.05, 4.69) is 13.8 Å². The van der Waals surface area contributed by atoms with Crippen LogP contribution in [0.4, 0.5) is 0 Å². The molecule has 0 heterocycles. The molecule has 2 nitrogen and oxygen atoms in total. The Hall–Kier alpha value is -0.660. The van der Waals surface area contributed by atoms with Crippen molar-refractivity contribution in [3.05, 3.63) is 0 Å². The van der Waals surface area contributed by atoms with Gasteiger partial charge >= 0.3 is 0 Å². The van der Waals surface area contributed by atoms with Gasteiger partial charge in [-0.05, 0) is 24.2 Å². The van der Waals surface area contributed by atoms with Gasteiger partial charge in [-0.15, -0.1) is 0 Å². The molecule has 2 atom stereocenters. The first-order valence-electron chi connectivity index (χ1n) is 5.15. The molecule has 2 rings (SSSR count). The molecule has 0 amide bonds. The number of fused-ring (bicyclic) bond motifs is 2. The van der Waals surface area contributed by atoms with E-state index in [1.165, 1.54) is 0 Å². The Balaban J connectivity index is 2.23. The molecule has 0 aromatic rings. The molecule has 0 radical (unpaired) electrons. The van der Waals surface area contributed by atoms with Crippen LogP contribution in [0.2, 0.25) is 0 Å². The van der Waals surface area contributed by atoms with Gasteiger partial charge in [-0.2, -0.15) is 0 Å². The second kappa shape index (κ2) is 2.93. The Bertz CT molecular complexity index is 233. The van der Waals surface area contributed by atoms with Gasteiger partial charge in [0.25, 0.3) is 0 Å². The summed E-state index contributed by atoms with van der Waals surface area (Å²) >= 11 is 0. The molecular formula is C11H16O2. The number of hydrogen-bond acceptors (Lipinski definition) is 2. The van der Waals surface area contributed by atoms with E-state index in [1.54, 1.807) is 0 Å². The van der Waals surface area contributed by atoms with E-state index in [0.717, 1.165) is 6.42 Å². The lowest BCUT2D eigenvalue weighted by atomic mass is 9.62. The first-order chi connectivity index (χ1) is 6.09. The maximum Gasteiger partial charge on any atom is 0.143 e. The van der Waals surface area contributed by atoms with E-state index >= 15 is 0 Å². The standard InChI is InChI=1S/C11H16O2/c1-6-3-10(12)9-5-8(6)7(2)4-11(9)13/h6-9H,3-5H2,1-2H3. The molecule has 2 heteroatoms. The van der Waals surface area contributed by atoms with Crippen molar-refractivity contribution in [2.45, 2.75) is 33.1 Å². The quantitative estimate of drug-likeness (QED) is 0.533. The molecule has 0 saturated heterocycles. The van der Waals surface area contributed by atoms with Crippen molar-refractivity contribution in [1.82, 2.24) is 0 Å². The Kier molecular flexibility index (Phi) is 2.01. The molecule has 72 valence electrons. The van der Waals surface area contributed by atoms with Crippen LogP contribution in [-0.4, -0.2) is 11.6 Å². The van der Waals surface area contributed by atoms with Gasteiger partial charge in [-0.1, -0.05) is 13.8 Å². The molecule has 0 N–H and O–H groups in total. The van der Waals surface area contributed by atoms with Gasteiger partial charge in [0.05, 0.1) is 5.92 Å². The van der Waals surface area contributed by atoms with E-state index in [4.69, 9.17) is 0 Å². The third-order valence-corrected chi connectivity index (χ3v) is 3.79. The SMILES string of the molecule is CC1CC(=O)C2CC1C(C)CC2=O. The highest BCUT2D eigenvalue weighted by Gasteiger charge is 2.44. The summed E-state index contributed by atoms with van der Waals surface area (Å²) in [5.74, 6) is 1.76. The van der Waals surface area contributed by atoms with E-state index in [9.17, 15) is 9.59 Å². The molecule has 2 bridgehead atoms. The fraction of sp³-hybridized carbons (Fsp3) is 0.818. The smallest absolute Gasteiger partial charge is 0.143 e. The zero-order chi connectivity index (χ0) is 9.59. The molecule has 2 aliphatic carbocycles. The molecule has 2 saturated carbocycles. The van der Waals surface area contributed by atoms with Crippen molar-refractivity contribution in [2.24, 2.45) is 23.7 Å². The molecule has 13 heavy (non-hydrogen) atoms. The number of Topliss-reactive ketones (excluding diaryl/α,β-unsaturated/α-hetero) is 2. The Labute approximate surface area is 78.7 Å². The largest absolute Gasteiger partial charge is 0.299 e. The van der Waals surface area contributed by atoms with Crippen LogP contribution in [0.1, 0.15) is 33.1 Å². The Morgan fingerprint density at radius 1 is 1.00 bits per heavy atom. The average molecular weight is 180 g/mol. The minimum absolute atomic E-state index is 0.195. The van der Waals surface area contributed by atoms with E-state index in [1.807, 2.05) is 0 Å². The molecule has 2 fully saturated rings. The van der Waals surface area contributed by atoms with Crippen molar-refractivity contribution < 1.29 is 9.59 Å². The second-order valence-corrected chi connectivity index (χ2v) is 4.75. The minimum Gasteiger partial charge on any atom is -0.299 e. The fourth-order valence-corrected chi connectivity index (χ4v) is 2.96. The van der Waals surface area contributed by atoms with E-state index in [0.29, 0.717) is 30.6 Å². The van der Waals surface area contributed by atoms with Gasteiger partial charge in [0.1, 0.15) is 11.6 Å². The Morgan fingerprint density at radius 3 is 1.92 bits per heavy atom. The van der Waals surface area contributed by atoms with Crippen LogP contribution in [-0.2, 0) is 9.59 Å². The lowest BCUT2D eigenvalue weighted by Crippen LogP contribution is -2.43. The van der Waals surface area contributed by atoms with Crippen LogP contribution in [0.5, 0.6) is 0 Å². The van der Waals surface area contributed by atoms with Crippen molar-refractivity contribution in [2.75, 3.05) is 0 Å². The zero-order valence-electron chi connectivity index (χ0n) is 8.25. The lowest BCUT2D eigenvalue weighted by molar-refractivity contribution is -0.141. The van der Waals surface area contributed by atoms with Crippen LogP contribution in [0, 0.1) is 23.7 Å². The minimum atomic E-state index is -0.225. The highest BCUT2D eigenvalue weighted by molar-refractivity contribution is 6.03. The third kappa shape index (κ3) is 1.32. The molecule has 0 aromatic carbocycles. The van der Waals surface area contributed by atoms with Gasteiger partial charge in [-0.3, -0.25) is 9.59 Å². The summed E-state index contributed by atoms with van der Waals surface area (Å²) in [6.07, 6.45) is 2.09.